The molecule has 0 spiro atoms. The average molecular weight is 218 g/mol. The van der Waals surface area contributed by atoms with Crippen molar-refractivity contribution in [3.8, 4) is 0 Å². The summed E-state index contributed by atoms with van der Waals surface area (Å²) in [6.07, 6.45) is 6.64. The van der Waals surface area contributed by atoms with Crippen LogP contribution in [0.2, 0.25) is 0 Å². The Kier molecular flexibility index (Phi) is 3.70. The first kappa shape index (κ1) is 11.3. The van der Waals surface area contributed by atoms with Crippen molar-refractivity contribution >= 4 is 11.4 Å². The predicted octanol–water partition coefficient (Wildman–Crippen LogP) is 3.65. The van der Waals surface area contributed by atoms with Crippen LogP contribution in [-0.4, -0.2) is 6.04 Å². The molecule has 0 amide bonds. The molecule has 1 aliphatic rings. The molecule has 2 nitrogen and oxygen atoms in total. The standard InChI is InChI=1S/C14H22N2/c1-2-11-6-5-7-12(10-11)16-14-9-4-3-8-13(14)15/h3-4,8-9,11-12,16H,2,5-7,10,15H2,1H3. The fourth-order valence-electron chi connectivity index (χ4n) is 2.64. The molecule has 0 aromatic heterocycles. The maximum absolute atomic E-state index is 5.94. The Balaban J connectivity index is 1.97. The Morgan fingerprint density at radius 3 is 2.88 bits per heavy atom. The number of anilines is 2. The summed E-state index contributed by atoms with van der Waals surface area (Å²) in [7, 11) is 0. The molecule has 1 fully saturated rings. The van der Waals surface area contributed by atoms with E-state index in [1.54, 1.807) is 0 Å². The van der Waals surface area contributed by atoms with Crippen LogP contribution < -0.4 is 11.1 Å². The van der Waals surface area contributed by atoms with Gasteiger partial charge in [0.15, 0.2) is 0 Å². The van der Waals surface area contributed by atoms with Crippen LogP contribution in [0.5, 0.6) is 0 Å². The summed E-state index contributed by atoms with van der Waals surface area (Å²) in [5, 5.41) is 3.59. The van der Waals surface area contributed by atoms with Crippen molar-refractivity contribution in [1.82, 2.24) is 0 Å². The second-order valence-corrected chi connectivity index (χ2v) is 4.87. The van der Waals surface area contributed by atoms with E-state index in [0.29, 0.717) is 6.04 Å². The van der Waals surface area contributed by atoms with Crippen molar-refractivity contribution in [2.24, 2.45) is 5.92 Å². The highest BCUT2D eigenvalue weighted by atomic mass is 14.9. The molecule has 3 N–H and O–H groups in total. The van der Waals surface area contributed by atoms with Crippen molar-refractivity contribution < 1.29 is 0 Å². The van der Waals surface area contributed by atoms with E-state index >= 15 is 0 Å². The molecule has 2 atom stereocenters. The van der Waals surface area contributed by atoms with Crippen LogP contribution in [0.3, 0.4) is 0 Å². The molecule has 1 aliphatic carbocycles. The molecule has 0 heterocycles. The van der Waals surface area contributed by atoms with E-state index in [2.05, 4.69) is 18.3 Å². The molecule has 2 heteroatoms. The van der Waals surface area contributed by atoms with Gasteiger partial charge in [0.05, 0.1) is 11.4 Å². The summed E-state index contributed by atoms with van der Waals surface area (Å²) < 4.78 is 0. The molecular weight excluding hydrogens is 196 g/mol. The first-order valence-corrected chi connectivity index (χ1v) is 6.40. The van der Waals surface area contributed by atoms with Gasteiger partial charge >= 0.3 is 0 Å². The topological polar surface area (TPSA) is 38.0 Å². The summed E-state index contributed by atoms with van der Waals surface area (Å²) in [5.74, 6) is 0.899. The Labute approximate surface area is 98.2 Å². The molecular formula is C14H22N2. The summed E-state index contributed by atoms with van der Waals surface area (Å²) in [6, 6.07) is 8.67. The number of hydrogen-bond donors (Lipinski definition) is 2. The molecule has 0 aliphatic heterocycles. The van der Waals surface area contributed by atoms with Crippen LogP contribution in [0.15, 0.2) is 24.3 Å². The lowest BCUT2D eigenvalue weighted by Crippen LogP contribution is -2.27. The van der Waals surface area contributed by atoms with Gasteiger partial charge in [-0.3, -0.25) is 0 Å². The zero-order valence-electron chi connectivity index (χ0n) is 10.1. The van der Waals surface area contributed by atoms with Gasteiger partial charge in [-0.2, -0.15) is 0 Å². The fourth-order valence-corrected chi connectivity index (χ4v) is 2.64. The van der Waals surface area contributed by atoms with Gasteiger partial charge in [-0.05, 0) is 30.9 Å². The van der Waals surface area contributed by atoms with Crippen molar-refractivity contribution in [2.75, 3.05) is 11.1 Å². The lowest BCUT2D eigenvalue weighted by molar-refractivity contribution is 0.327. The Hall–Kier alpha value is -1.18. The van der Waals surface area contributed by atoms with E-state index in [1.165, 1.54) is 32.1 Å². The zero-order chi connectivity index (χ0) is 11.4. The van der Waals surface area contributed by atoms with E-state index < -0.39 is 0 Å². The van der Waals surface area contributed by atoms with Crippen LogP contribution in [0, 0.1) is 5.92 Å². The van der Waals surface area contributed by atoms with Crippen LogP contribution in [0.4, 0.5) is 11.4 Å². The minimum absolute atomic E-state index is 0.614. The molecule has 16 heavy (non-hydrogen) atoms. The van der Waals surface area contributed by atoms with Crippen LogP contribution >= 0.6 is 0 Å². The number of nitrogens with two attached hydrogens (primary N) is 1. The zero-order valence-corrected chi connectivity index (χ0v) is 10.1. The third-order valence-electron chi connectivity index (χ3n) is 3.68. The lowest BCUT2D eigenvalue weighted by Gasteiger charge is -2.30. The van der Waals surface area contributed by atoms with Crippen molar-refractivity contribution in [3.63, 3.8) is 0 Å². The molecule has 88 valence electrons. The maximum atomic E-state index is 5.94. The van der Waals surface area contributed by atoms with Gasteiger partial charge in [0.1, 0.15) is 0 Å². The smallest absolute Gasteiger partial charge is 0.0576 e. The third kappa shape index (κ3) is 2.69. The maximum Gasteiger partial charge on any atom is 0.0576 e. The van der Waals surface area contributed by atoms with E-state index in [-0.39, 0.29) is 0 Å². The van der Waals surface area contributed by atoms with Gasteiger partial charge in [-0.1, -0.05) is 38.3 Å². The molecule has 0 radical (unpaired) electrons. The highest BCUT2D eigenvalue weighted by Crippen LogP contribution is 2.29. The monoisotopic (exact) mass is 218 g/mol. The number of rotatable bonds is 3. The molecule has 1 aromatic carbocycles. The highest BCUT2D eigenvalue weighted by Gasteiger charge is 2.20. The van der Waals surface area contributed by atoms with Crippen molar-refractivity contribution in [1.29, 1.82) is 0 Å². The fraction of sp³-hybridized carbons (Fsp3) is 0.571. The summed E-state index contributed by atoms with van der Waals surface area (Å²) in [5.41, 5.74) is 7.91. The SMILES string of the molecule is CCC1CCCC(Nc2ccccc2N)C1. The van der Waals surface area contributed by atoms with Gasteiger partial charge < -0.3 is 11.1 Å². The largest absolute Gasteiger partial charge is 0.397 e. The van der Waals surface area contributed by atoms with Crippen molar-refractivity contribution in [2.45, 2.75) is 45.1 Å². The second kappa shape index (κ2) is 5.24. The number of hydrogen-bond acceptors (Lipinski definition) is 2. The average Bonchev–Trinajstić information content (AvgIpc) is 2.32. The number of nitrogen functional groups attached to an aromatic ring is 1. The third-order valence-corrected chi connectivity index (χ3v) is 3.68. The Bertz CT molecular complexity index is 335. The van der Waals surface area contributed by atoms with E-state index in [0.717, 1.165) is 17.3 Å². The quantitative estimate of drug-likeness (QED) is 0.760. The molecule has 0 bridgehead atoms. The number of benzene rings is 1. The minimum atomic E-state index is 0.614. The summed E-state index contributed by atoms with van der Waals surface area (Å²) in [6.45, 7) is 2.30. The van der Waals surface area contributed by atoms with Crippen molar-refractivity contribution in [3.05, 3.63) is 24.3 Å². The van der Waals surface area contributed by atoms with Gasteiger partial charge in [0.25, 0.3) is 0 Å². The molecule has 0 saturated heterocycles. The molecule has 1 saturated carbocycles. The summed E-state index contributed by atoms with van der Waals surface area (Å²) >= 11 is 0. The van der Waals surface area contributed by atoms with E-state index in [4.69, 9.17) is 5.73 Å². The van der Waals surface area contributed by atoms with Gasteiger partial charge in [0, 0.05) is 6.04 Å². The van der Waals surface area contributed by atoms with Gasteiger partial charge in [0.2, 0.25) is 0 Å². The first-order valence-electron chi connectivity index (χ1n) is 6.40. The van der Waals surface area contributed by atoms with E-state index in [1.807, 2.05) is 18.2 Å². The summed E-state index contributed by atoms with van der Waals surface area (Å²) in [4.78, 5) is 0. The number of para-hydroxylation sites is 2. The molecule has 2 unspecified atom stereocenters. The molecule has 1 aromatic rings. The van der Waals surface area contributed by atoms with Crippen LogP contribution in [0.25, 0.3) is 0 Å². The van der Waals surface area contributed by atoms with Crippen LogP contribution in [-0.2, 0) is 0 Å². The highest BCUT2D eigenvalue weighted by molar-refractivity contribution is 5.65. The van der Waals surface area contributed by atoms with E-state index in [9.17, 15) is 0 Å². The van der Waals surface area contributed by atoms with Gasteiger partial charge in [-0.15, -0.1) is 0 Å². The Morgan fingerprint density at radius 2 is 2.12 bits per heavy atom. The van der Waals surface area contributed by atoms with Crippen LogP contribution in [0.1, 0.15) is 39.0 Å². The van der Waals surface area contributed by atoms with Gasteiger partial charge in [-0.25, -0.2) is 0 Å². The lowest BCUT2D eigenvalue weighted by atomic mass is 9.84. The first-order chi connectivity index (χ1) is 7.79. The molecule has 2 rings (SSSR count). The normalized spacial score (nSPS) is 25.3. The minimum Gasteiger partial charge on any atom is -0.397 e. The predicted molar refractivity (Wildman–Crippen MR) is 70.5 cm³/mol. The number of nitrogens with one attached hydrogen (secondary N) is 1. The second-order valence-electron chi connectivity index (χ2n) is 4.87. The Morgan fingerprint density at radius 1 is 1.31 bits per heavy atom.